The van der Waals surface area contributed by atoms with Crippen LogP contribution in [0.1, 0.15) is 15.9 Å². The van der Waals surface area contributed by atoms with E-state index in [9.17, 15) is 9.18 Å². The fourth-order valence-corrected chi connectivity index (χ4v) is 4.30. The largest absolute Gasteiger partial charge is 0.355 e. The number of halogens is 1. The average molecular weight is 444 g/mol. The number of aromatic nitrogens is 5. The Labute approximate surface area is 186 Å². The zero-order chi connectivity index (χ0) is 22.2. The first-order chi connectivity index (χ1) is 15.5. The second-order valence-corrected chi connectivity index (χ2v) is 8.17. The molecule has 7 nitrogen and oxygen atoms in total. The number of carbonyl (C=O) groups excluding carboxylic acids is 1. The van der Waals surface area contributed by atoms with Crippen molar-refractivity contribution in [1.82, 2.24) is 30.1 Å². The zero-order valence-electron chi connectivity index (χ0n) is 17.2. The third kappa shape index (κ3) is 3.56. The number of aryl methyl sites for hydroxylation is 1. The number of benzene rings is 2. The summed E-state index contributed by atoms with van der Waals surface area (Å²) in [6.45, 7) is 2.02. The molecule has 5 rings (SSSR count). The summed E-state index contributed by atoms with van der Waals surface area (Å²) in [5.41, 5.74) is 3.66. The van der Waals surface area contributed by atoms with E-state index in [4.69, 9.17) is 0 Å². The first kappa shape index (κ1) is 20.1. The summed E-state index contributed by atoms with van der Waals surface area (Å²) in [5.74, 6) is -1.08. The van der Waals surface area contributed by atoms with Crippen molar-refractivity contribution < 1.29 is 9.18 Å². The molecule has 32 heavy (non-hydrogen) atoms. The number of carbonyl (C=O) groups is 1. The van der Waals surface area contributed by atoms with Gasteiger partial charge in [-0.05, 0) is 66.7 Å². The number of rotatable bonds is 4. The summed E-state index contributed by atoms with van der Waals surface area (Å²) in [5, 5.41) is 17.2. The van der Waals surface area contributed by atoms with E-state index >= 15 is 0 Å². The van der Waals surface area contributed by atoms with Crippen molar-refractivity contribution in [2.45, 2.75) is 17.0 Å². The lowest BCUT2D eigenvalue weighted by molar-refractivity contribution is 0.0959. The van der Waals surface area contributed by atoms with Crippen LogP contribution >= 0.6 is 11.8 Å². The minimum Gasteiger partial charge on any atom is -0.355 e. The SMILES string of the molecule is CNC(=O)c1ccc(-c2ccc3nnc(Sc4cc5cccnc5cc4C)n3n2)cc1F. The van der Waals surface area contributed by atoms with Crippen LogP contribution in [0.4, 0.5) is 4.39 Å². The Morgan fingerprint density at radius 2 is 1.97 bits per heavy atom. The summed E-state index contributed by atoms with van der Waals surface area (Å²) in [7, 11) is 1.46. The highest BCUT2D eigenvalue weighted by atomic mass is 32.2. The lowest BCUT2D eigenvalue weighted by Crippen LogP contribution is -2.19. The van der Waals surface area contributed by atoms with Crippen LogP contribution in [0.15, 0.2) is 70.8 Å². The zero-order valence-corrected chi connectivity index (χ0v) is 18.0. The quantitative estimate of drug-likeness (QED) is 0.445. The van der Waals surface area contributed by atoms with Gasteiger partial charge < -0.3 is 5.32 Å². The molecule has 0 fully saturated rings. The standard InChI is InChI=1S/C23H17FN6OS/c1-13-10-19-14(4-3-9-26-19)12-20(13)32-23-28-27-21-8-7-18(29-30(21)23)15-5-6-16(17(24)11-15)22(31)25-2/h3-12H,1-2H3,(H,25,31). The molecule has 2 aromatic carbocycles. The topological polar surface area (TPSA) is 85.1 Å². The van der Waals surface area contributed by atoms with E-state index in [-0.39, 0.29) is 5.56 Å². The maximum Gasteiger partial charge on any atom is 0.253 e. The molecule has 0 aliphatic carbocycles. The molecular weight excluding hydrogens is 427 g/mol. The van der Waals surface area contributed by atoms with Gasteiger partial charge in [0, 0.05) is 29.1 Å². The maximum absolute atomic E-state index is 14.4. The summed E-state index contributed by atoms with van der Waals surface area (Å²) in [6, 6.07) is 16.0. The molecule has 1 amide bonds. The summed E-state index contributed by atoms with van der Waals surface area (Å²) in [6.07, 6.45) is 1.77. The van der Waals surface area contributed by atoms with Crippen molar-refractivity contribution >= 4 is 34.2 Å². The summed E-state index contributed by atoms with van der Waals surface area (Å²) < 4.78 is 16.1. The van der Waals surface area contributed by atoms with Crippen LogP contribution in [0.2, 0.25) is 0 Å². The lowest BCUT2D eigenvalue weighted by atomic mass is 10.1. The lowest BCUT2D eigenvalue weighted by Gasteiger charge is -2.08. The first-order valence-corrected chi connectivity index (χ1v) is 10.6. The van der Waals surface area contributed by atoms with Gasteiger partial charge in [0.15, 0.2) is 5.65 Å². The molecule has 0 atom stereocenters. The van der Waals surface area contributed by atoms with Crippen molar-refractivity contribution in [2.24, 2.45) is 0 Å². The summed E-state index contributed by atoms with van der Waals surface area (Å²) in [4.78, 5) is 17.2. The van der Waals surface area contributed by atoms with Crippen LogP contribution in [0, 0.1) is 12.7 Å². The van der Waals surface area contributed by atoms with Gasteiger partial charge in [0.25, 0.3) is 5.91 Å². The smallest absolute Gasteiger partial charge is 0.253 e. The predicted octanol–water partition coefficient (Wildman–Crippen LogP) is 4.30. The van der Waals surface area contributed by atoms with Gasteiger partial charge in [0.2, 0.25) is 5.16 Å². The van der Waals surface area contributed by atoms with Crippen molar-refractivity contribution in [3.63, 3.8) is 0 Å². The number of pyridine rings is 1. The van der Waals surface area contributed by atoms with Crippen molar-refractivity contribution in [1.29, 1.82) is 0 Å². The van der Waals surface area contributed by atoms with Crippen molar-refractivity contribution in [3.05, 3.63) is 77.7 Å². The molecule has 0 spiro atoms. The van der Waals surface area contributed by atoms with Gasteiger partial charge in [-0.15, -0.1) is 10.2 Å². The van der Waals surface area contributed by atoms with E-state index in [1.807, 2.05) is 25.1 Å². The third-order valence-corrected chi connectivity index (χ3v) is 6.17. The minimum absolute atomic E-state index is 0.0147. The molecule has 3 heterocycles. The van der Waals surface area contributed by atoms with Crippen molar-refractivity contribution in [3.8, 4) is 11.3 Å². The van der Waals surface area contributed by atoms with Crippen molar-refractivity contribution in [2.75, 3.05) is 7.05 Å². The Hall–Kier alpha value is -3.85. The molecule has 5 aromatic rings. The molecule has 0 unspecified atom stereocenters. The molecule has 0 aliphatic heterocycles. The number of amides is 1. The van der Waals surface area contributed by atoms with Crippen LogP contribution in [0.3, 0.4) is 0 Å². The first-order valence-electron chi connectivity index (χ1n) is 9.81. The van der Waals surface area contributed by atoms with Gasteiger partial charge in [0.05, 0.1) is 16.8 Å². The van der Waals surface area contributed by atoms with Gasteiger partial charge in [-0.2, -0.15) is 9.61 Å². The van der Waals surface area contributed by atoms with Crippen LogP contribution < -0.4 is 5.32 Å². The van der Waals surface area contributed by atoms with E-state index in [1.54, 1.807) is 28.9 Å². The normalized spacial score (nSPS) is 11.2. The molecule has 0 radical (unpaired) electrons. The fraction of sp³-hybridized carbons (Fsp3) is 0.0870. The van der Waals surface area contributed by atoms with Gasteiger partial charge in [-0.1, -0.05) is 12.1 Å². The van der Waals surface area contributed by atoms with Crippen LogP contribution in [-0.2, 0) is 0 Å². The van der Waals surface area contributed by atoms with Gasteiger partial charge >= 0.3 is 0 Å². The van der Waals surface area contributed by atoms with E-state index in [0.717, 1.165) is 21.4 Å². The Bertz CT molecular complexity index is 1500. The monoisotopic (exact) mass is 444 g/mol. The number of hydrogen-bond donors (Lipinski definition) is 1. The second-order valence-electron chi connectivity index (χ2n) is 7.16. The molecule has 0 saturated carbocycles. The Balaban J connectivity index is 1.53. The second kappa shape index (κ2) is 8.01. The Morgan fingerprint density at radius 1 is 1.09 bits per heavy atom. The average Bonchev–Trinajstić information content (AvgIpc) is 3.21. The molecule has 1 N–H and O–H groups in total. The minimum atomic E-state index is -0.609. The molecule has 158 valence electrons. The van der Waals surface area contributed by atoms with Crippen LogP contribution in [-0.4, -0.2) is 37.8 Å². The van der Waals surface area contributed by atoms with Gasteiger partial charge in [-0.3, -0.25) is 9.78 Å². The van der Waals surface area contributed by atoms with E-state index < -0.39 is 11.7 Å². The molecule has 9 heteroatoms. The molecule has 3 aromatic heterocycles. The highest BCUT2D eigenvalue weighted by Gasteiger charge is 2.15. The van der Waals surface area contributed by atoms with E-state index in [0.29, 0.717) is 22.1 Å². The molecular formula is C23H17FN6OS. The summed E-state index contributed by atoms with van der Waals surface area (Å²) >= 11 is 1.45. The third-order valence-electron chi connectivity index (χ3n) is 5.07. The van der Waals surface area contributed by atoms with E-state index in [1.165, 1.54) is 30.9 Å². The van der Waals surface area contributed by atoms with Gasteiger partial charge in [-0.25, -0.2) is 4.39 Å². The number of fused-ring (bicyclic) bond motifs is 2. The van der Waals surface area contributed by atoms with Crippen LogP contribution in [0.5, 0.6) is 0 Å². The molecule has 0 saturated heterocycles. The maximum atomic E-state index is 14.4. The predicted molar refractivity (Wildman–Crippen MR) is 120 cm³/mol. The van der Waals surface area contributed by atoms with Gasteiger partial charge in [0.1, 0.15) is 5.82 Å². The molecule has 0 aliphatic rings. The Kier molecular flexibility index (Phi) is 5.02. The van der Waals surface area contributed by atoms with Crippen LogP contribution in [0.25, 0.3) is 27.8 Å². The highest BCUT2D eigenvalue weighted by molar-refractivity contribution is 7.99. The number of nitrogens with one attached hydrogen (secondary N) is 1. The Morgan fingerprint density at radius 3 is 2.78 bits per heavy atom. The fourth-order valence-electron chi connectivity index (χ4n) is 3.39. The number of nitrogens with zero attached hydrogens (tertiary/aromatic N) is 5. The highest BCUT2D eigenvalue weighted by Crippen LogP contribution is 2.32. The molecule has 0 bridgehead atoms. The number of hydrogen-bond acceptors (Lipinski definition) is 6. The van der Waals surface area contributed by atoms with E-state index in [2.05, 4.69) is 31.7 Å².